The highest BCUT2D eigenvalue weighted by molar-refractivity contribution is 5.36. The smallest absolute Gasteiger partial charge is 0.211 e. The molecular weight excluding hydrogens is 264 g/mol. The molecule has 0 N–H and O–H groups in total. The molecule has 4 unspecified atom stereocenters. The number of nitrogens with zero attached hydrogens (tertiary/aromatic N) is 2. The Morgan fingerprint density at radius 3 is 1.38 bits per heavy atom. The zero-order valence-electron chi connectivity index (χ0n) is 14.0. The zero-order chi connectivity index (χ0) is 16.2. The highest BCUT2D eigenvalue weighted by atomic mass is 16.1. The summed E-state index contributed by atoms with van der Waals surface area (Å²) < 4.78 is 0. The molecule has 0 radical (unpaired) electrons. The van der Waals surface area contributed by atoms with Crippen molar-refractivity contribution in [1.29, 1.82) is 0 Å². The Morgan fingerprint density at radius 1 is 0.762 bits per heavy atom. The fourth-order valence-corrected chi connectivity index (χ4v) is 3.97. The van der Waals surface area contributed by atoms with Crippen molar-refractivity contribution in [3.05, 3.63) is 0 Å². The van der Waals surface area contributed by atoms with Gasteiger partial charge in [0.2, 0.25) is 12.2 Å². The van der Waals surface area contributed by atoms with Gasteiger partial charge in [-0.1, -0.05) is 41.5 Å². The minimum absolute atomic E-state index is 0.0976. The Labute approximate surface area is 128 Å². The van der Waals surface area contributed by atoms with Crippen LogP contribution in [0, 0.1) is 35.5 Å². The van der Waals surface area contributed by atoms with Gasteiger partial charge in [-0.05, 0) is 36.0 Å². The van der Waals surface area contributed by atoms with Gasteiger partial charge in [-0.2, -0.15) is 0 Å². The number of aliphatic imine (C=N–C) groups is 2. The van der Waals surface area contributed by atoms with Gasteiger partial charge in [0.25, 0.3) is 0 Å². The zero-order valence-corrected chi connectivity index (χ0v) is 14.0. The van der Waals surface area contributed by atoms with Crippen molar-refractivity contribution in [3.8, 4) is 0 Å². The van der Waals surface area contributed by atoms with Crippen molar-refractivity contribution in [2.45, 2.75) is 60.0 Å². The maximum Gasteiger partial charge on any atom is 0.235 e. The Balaban J connectivity index is 3.33. The molecule has 118 valence electrons. The van der Waals surface area contributed by atoms with Gasteiger partial charge in [0, 0.05) is 5.92 Å². The van der Waals surface area contributed by atoms with Crippen molar-refractivity contribution in [1.82, 2.24) is 0 Å². The van der Waals surface area contributed by atoms with Gasteiger partial charge in [0.1, 0.15) is 0 Å². The van der Waals surface area contributed by atoms with Crippen LogP contribution in [0.25, 0.3) is 0 Å². The molecule has 1 saturated carbocycles. The first-order valence-corrected chi connectivity index (χ1v) is 7.99. The van der Waals surface area contributed by atoms with Crippen molar-refractivity contribution in [3.63, 3.8) is 0 Å². The molecule has 4 heteroatoms. The summed E-state index contributed by atoms with van der Waals surface area (Å²) in [5.41, 5.74) is 0. The molecule has 1 aliphatic carbocycles. The summed E-state index contributed by atoms with van der Waals surface area (Å²) in [5.74, 6) is 1.96. The van der Waals surface area contributed by atoms with Gasteiger partial charge in [-0.3, -0.25) is 0 Å². The molecule has 0 bridgehead atoms. The third-order valence-electron chi connectivity index (χ3n) is 5.10. The molecule has 0 spiro atoms. The van der Waals surface area contributed by atoms with E-state index < -0.39 is 0 Å². The lowest BCUT2D eigenvalue weighted by Crippen LogP contribution is -2.50. The first-order valence-electron chi connectivity index (χ1n) is 7.99. The molecule has 0 aromatic heterocycles. The van der Waals surface area contributed by atoms with E-state index in [9.17, 15) is 9.59 Å². The number of carbonyl (C=O) groups excluding carboxylic acids is 2. The fourth-order valence-electron chi connectivity index (χ4n) is 3.97. The maximum atomic E-state index is 10.9. The van der Waals surface area contributed by atoms with Crippen LogP contribution in [0.1, 0.15) is 48.0 Å². The second-order valence-corrected chi connectivity index (χ2v) is 7.29. The van der Waals surface area contributed by atoms with E-state index in [2.05, 4.69) is 51.5 Å². The highest BCUT2D eigenvalue weighted by Gasteiger charge is 2.47. The van der Waals surface area contributed by atoms with Crippen molar-refractivity contribution >= 4 is 12.2 Å². The third kappa shape index (κ3) is 3.90. The lowest BCUT2D eigenvalue weighted by molar-refractivity contribution is 0.0553. The first kappa shape index (κ1) is 17.8. The van der Waals surface area contributed by atoms with Crippen LogP contribution in [-0.2, 0) is 9.59 Å². The molecule has 1 rings (SSSR count). The van der Waals surface area contributed by atoms with Crippen LogP contribution in [0.15, 0.2) is 9.98 Å². The van der Waals surface area contributed by atoms with E-state index in [1.54, 1.807) is 12.2 Å². The quantitative estimate of drug-likeness (QED) is 0.574. The fraction of sp³-hybridized carbons (Fsp3) is 0.882. The van der Waals surface area contributed by atoms with Crippen molar-refractivity contribution in [2.24, 2.45) is 45.5 Å². The van der Waals surface area contributed by atoms with E-state index in [1.165, 1.54) is 0 Å². The molecule has 1 aliphatic rings. The molecule has 0 aromatic rings. The topological polar surface area (TPSA) is 58.9 Å². The van der Waals surface area contributed by atoms with E-state index in [0.29, 0.717) is 29.6 Å². The average Bonchev–Trinajstić information content (AvgIpc) is 2.38. The maximum absolute atomic E-state index is 10.9. The summed E-state index contributed by atoms with van der Waals surface area (Å²) in [6.07, 6.45) is 4.45. The van der Waals surface area contributed by atoms with E-state index >= 15 is 0 Å². The van der Waals surface area contributed by atoms with Gasteiger partial charge in [0.05, 0.1) is 12.1 Å². The Hall–Kier alpha value is -1.24. The average molecular weight is 292 g/mol. The van der Waals surface area contributed by atoms with Crippen LogP contribution in [0.5, 0.6) is 0 Å². The summed E-state index contributed by atoms with van der Waals surface area (Å²) >= 11 is 0. The summed E-state index contributed by atoms with van der Waals surface area (Å²) in [6.45, 7) is 12.9. The van der Waals surface area contributed by atoms with E-state index in [4.69, 9.17) is 0 Å². The minimum Gasteiger partial charge on any atom is -0.211 e. The lowest BCUT2D eigenvalue weighted by Gasteiger charge is -2.47. The number of rotatable bonds is 5. The van der Waals surface area contributed by atoms with Gasteiger partial charge in [0.15, 0.2) is 0 Å². The van der Waals surface area contributed by atoms with E-state index in [1.807, 2.05) is 0 Å². The molecule has 0 saturated heterocycles. The molecule has 0 aromatic carbocycles. The normalized spacial score (nSPS) is 32.9. The van der Waals surface area contributed by atoms with Crippen LogP contribution in [-0.4, -0.2) is 24.2 Å². The van der Waals surface area contributed by atoms with Crippen LogP contribution in [0.4, 0.5) is 0 Å². The molecule has 0 aliphatic heterocycles. The predicted molar refractivity (Wildman–Crippen MR) is 83.4 cm³/mol. The standard InChI is InChI=1S/C17H28N2O2/c1-10(2)13-7-14(11(3)4)17(19-9-21)15(12(5)6)16(13)18-8-20/h10-17H,7H2,1-6H3. The van der Waals surface area contributed by atoms with E-state index in [-0.39, 0.29) is 18.0 Å². The molecule has 0 amide bonds. The SMILES string of the molecule is CC(C)C1CC(C(C)C)C(N=C=O)C(C(C)C)C1N=C=O. The monoisotopic (exact) mass is 292 g/mol. The highest BCUT2D eigenvalue weighted by Crippen LogP contribution is 2.46. The van der Waals surface area contributed by atoms with Crippen LogP contribution in [0.3, 0.4) is 0 Å². The summed E-state index contributed by atoms with van der Waals surface area (Å²) in [4.78, 5) is 30.0. The largest absolute Gasteiger partial charge is 0.235 e. The Kier molecular flexibility index (Phi) is 6.51. The first-order chi connectivity index (χ1) is 9.84. The number of isocyanates is 2. The summed E-state index contributed by atoms with van der Waals surface area (Å²) in [5, 5.41) is 0. The molecule has 21 heavy (non-hydrogen) atoms. The molecule has 4 atom stereocenters. The van der Waals surface area contributed by atoms with Crippen LogP contribution in [0.2, 0.25) is 0 Å². The molecule has 0 heterocycles. The van der Waals surface area contributed by atoms with Gasteiger partial charge < -0.3 is 0 Å². The van der Waals surface area contributed by atoms with Gasteiger partial charge in [-0.15, -0.1) is 0 Å². The van der Waals surface area contributed by atoms with Crippen molar-refractivity contribution < 1.29 is 9.59 Å². The van der Waals surface area contributed by atoms with Gasteiger partial charge >= 0.3 is 0 Å². The molecular formula is C17H28N2O2. The summed E-state index contributed by atoms with van der Waals surface area (Å²) in [7, 11) is 0. The predicted octanol–water partition coefficient (Wildman–Crippen LogP) is 3.62. The van der Waals surface area contributed by atoms with Crippen LogP contribution >= 0.6 is 0 Å². The lowest BCUT2D eigenvalue weighted by atomic mass is 9.60. The van der Waals surface area contributed by atoms with Crippen LogP contribution < -0.4 is 0 Å². The Morgan fingerprint density at radius 2 is 1.14 bits per heavy atom. The minimum atomic E-state index is -0.0976. The van der Waals surface area contributed by atoms with E-state index in [0.717, 1.165) is 6.42 Å². The molecule has 4 nitrogen and oxygen atoms in total. The number of hydrogen-bond acceptors (Lipinski definition) is 4. The third-order valence-corrected chi connectivity index (χ3v) is 5.10. The Bertz CT molecular complexity index is 396. The second-order valence-electron chi connectivity index (χ2n) is 7.29. The van der Waals surface area contributed by atoms with Gasteiger partial charge in [-0.25, -0.2) is 19.6 Å². The molecule has 1 fully saturated rings. The second kappa shape index (κ2) is 7.68. The summed E-state index contributed by atoms with van der Waals surface area (Å²) in [6, 6.07) is -0.195. The number of hydrogen-bond donors (Lipinski definition) is 0. The van der Waals surface area contributed by atoms with Crippen molar-refractivity contribution in [2.75, 3.05) is 0 Å².